The fourth-order valence-corrected chi connectivity index (χ4v) is 2.29. The highest BCUT2D eigenvalue weighted by molar-refractivity contribution is 5.80. The van der Waals surface area contributed by atoms with E-state index in [1.807, 2.05) is 24.4 Å². The number of nitrogens with zero attached hydrogens (tertiary/aromatic N) is 2. The molecular formula is C18H32N4. The zero-order valence-corrected chi connectivity index (χ0v) is 14.6. The van der Waals surface area contributed by atoms with Gasteiger partial charge < -0.3 is 10.6 Å². The van der Waals surface area contributed by atoms with Gasteiger partial charge in [0.25, 0.3) is 0 Å². The molecule has 2 N–H and O–H groups in total. The van der Waals surface area contributed by atoms with Gasteiger partial charge in [-0.25, -0.2) is 0 Å². The molecule has 0 radical (unpaired) electrons. The van der Waals surface area contributed by atoms with Crippen molar-refractivity contribution in [2.75, 3.05) is 13.1 Å². The number of aromatic nitrogens is 1. The van der Waals surface area contributed by atoms with Crippen LogP contribution < -0.4 is 10.6 Å². The van der Waals surface area contributed by atoms with E-state index in [0.717, 1.165) is 37.1 Å². The number of hydrogen-bond donors (Lipinski definition) is 2. The summed E-state index contributed by atoms with van der Waals surface area (Å²) in [5.74, 6) is 1.70. The molecule has 22 heavy (non-hydrogen) atoms. The lowest BCUT2D eigenvalue weighted by Crippen LogP contribution is -2.42. The van der Waals surface area contributed by atoms with Crippen LogP contribution in [-0.2, 0) is 6.42 Å². The highest BCUT2D eigenvalue weighted by Crippen LogP contribution is 2.08. The smallest absolute Gasteiger partial charge is 0.191 e. The molecule has 0 saturated heterocycles. The molecule has 0 spiro atoms. The van der Waals surface area contributed by atoms with Gasteiger partial charge in [0.1, 0.15) is 0 Å². The number of aliphatic imine (C=N–C) groups is 1. The van der Waals surface area contributed by atoms with Gasteiger partial charge in [0.05, 0.1) is 0 Å². The van der Waals surface area contributed by atoms with E-state index in [9.17, 15) is 0 Å². The van der Waals surface area contributed by atoms with E-state index in [4.69, 9.17) is 0 Å². The molecule has 0 saturated carbocycles. The van der Waals surface area contributed by atoms with Crippen LogP contribution in [0, 0.1) is 5.92 Å². The van der Waals surface area contributed by atoms with Crippen molar-refractivity contribution in [3.05, 3.63) is 30.1 Å². The Labute approximate surface area is 135 Å². The first-order valence-electron chi connectivity index (χ1n) is 8.56. The van der Waals surface area contributed by atoms with E-state index in [1.54, 1.807) is 0 Å². The molecule has 0 bridgehead atoms. The van der Waals surface area contributed by atoms with Gasteiger partial charge in [0.2, 0.25) is 0 Å². The van der Waals surface area contributed by atoms with E-state index in [2.05, 4.69) is 48.3 Å². The van der Waals surface area contributed by atoms with Crippen LogP contribution in [0.3, 0.4) is 0 Å². The molecule has 1 unspecified atom stereocenters. The first kappa shape index (κ1) is 18.5. The van der Waals surface area contributed by atoms with Crippen LogP contribution in [0.2, 0.25) is 0 Å². The minimum Gasteiger partial charge on any atom is -0.357 e. The van der Waals surface area contributed by atoms with Crippen LogP contribution in [0.5, 0.6) is 0 Å². The van der Waals surface area contributed by atoms with Gasteiger partial charge in [-0.15, -0.1) is 0 Å². The summed E-state index contributed by atoms with van der Waals surface area (Å²) in [5, 5.41) is 6.81. The van der Waals surface area contributed by atoms with E-state index in [0.29, 0.717) is 6.04 Å². The maximum absolute atomic E-state index is 4.65. The van der Waals surface area contributed by atoms with E-state index >= 15 is 0 Å². The van der Waals surface area contributed by atoms with Gasteiger partial charge in [-0.2, -0.15) is 0 Å². The molecule has 0 aliphatic carbocycles. The van der Waals surface area contributed by atoms with Crippen LogP contribution in [0.15, 0.2) is 29.4 Å². The highest BCUT2D eigenvalue weighted by Gasteiger charge is 2.05. The zero-order chi connectivity index (χ0) is 16.2. The summed E-state index contributed by atoms with van der Waals surface area (Å²) in [4.78, 5) is 8.98. The maximum Gasteiger partial charge on any atom is 0.191 e. The Morgan fingerprint density at radius 2 is 2.05 bits per heavy atom. The molecule has 1 heterocycles. The van der Waals surface area contributed by atoms with Crippen LogP contribution in [0.25, 0.3) is 0 Å². The monoisotopic (exact) mass is 304 g/mol. The van der Waals surface area contributed by atoms with Crippen molar-refractivity contribution in [3.63, 3.8) is 0 Å². The van der Waals surface area contributed by atoms with Crippen molar-refractivity contribution < 1.29 is 0 Å². The highest BCUT2D eigenvalue weighted by atomic mass is 15.2. The maximum atomic E-state index is 4.65. The van der Waals surface area contributed by atoms with Crippen LogP contribution >= 0.6 is 0 Å². The van der Waals surface area contributed by atoms with E-state index < -0.39 is 0 Å². The van der Waals surface area contributed by atoms with Gasteiger partial charge in [0.15, 0.2) is 5.96 Å². The second kappa shape index (κ2) is 11.0. The Morgan fingerprint density at radius 3 is 2.68 bits per heavy atom. The third kappa shape index (κ3) is 8.65. The van der Waals surface area contributed by atoms with Gasteiger partial charge in [-0.3, -0.25) is 9.98 Å². The van der Waals surface area contributed by atoms with Crippen LogP contribution in [0.4, 0.5) is 0 Å². The third-order valence-corrected chi connectivity index (χ3v) is 3.51. The van der Waals surface area contributed by atoms with Gasteiger partial charge in [0, 0.05) is 37.4 Å². The standard InChI is InChI=1S/C18H32N4/c1-5-19-18(22-16(4)10-8-9-15(2)3)21-14-12-17-11-6-7-13-20-17/h6-7,11,13,15-16H,5,8-10,12,14H2,1-4H3,(H2,19,21,22). The first-order valence-corrected chi connectivity index (χ1v) is 8.56. The molecule has 1 rings (SSSR count). The second-order valence-electron chi connectivity index (χ2n) is 6.20. The number of nitrogens with one attached hydrogen (secondary N) is 2. The molecule has 1 aromatic rings. The van der Waals surface area contributed by atoms with Gasteiger partial charge in [-0.1, -0.05) is 32.8 Å². The Kier molecular flexibility index (Phi) is 9.28. The molecule has 0 aromatic carbocycles. The normalized spacial score (nSPS) is 13.2. The summed E-state index contributed by atoms with van der Waals surface area (Å²) >= 11 is 0. The molecule has 1 atom stereocenters. The SMILES string of the molecule is CCNC(=NCCc1ccccn1)NC(C)CCCC(C)C. The van der Waals surface area contributed by atoms with Crippen molar-refractivity contribution in [1.82, 2.24) is 15.6 Å². The minimum atomic E-state index is 0.450. The molecule has 124 valence electrons. The van der Waals surface area contributed by atoms with Crippen molar-refractivity contribution in [3.8, 4) is 0 Å². The van der Waals surface area contributed by atoms with Gasteiger partial charge >= 0.3 is 0 Å². The van der Waals surface area contributed by atoms with E-state index in [-0.39, 0.29) is 0 Å². The predicted molar refractivity (Wildman–Crippen MR) is 95.2 cm³/mol. The van der Waals surface area contributed by atoms with Crippen molar-refractivity contribution >= 4 is 5.96 Å². The summed E-state index contributed by atoms with van der Waals surface area (Å²) in [6, 6.07) is 6.46. The largest absolute Gasteiger partial charge is 0.357 e. The Hall–Kier alpha value is -1.58. The average Bonchev–Trinajstić information content (AvgIpc) is 2.48. The summed E-state index contributed by atoms with van der Waals surface area (Å²) in [6.07, 6.45) is 6.44. The molecule has 4 heteroatoms. The quantitative estimate of drug-likeness (QED) is 0.543. The first-order chi connectivity index (χ1) is 10.6. The lowest BCUT2D eigenvalue weighted by molar-refractivity contribution is 0.491. The van der Waals surface area contributed by atoms with Crippen LogP contribution in [0.1, 0.15) is 52.7 Å². The van der Waals surface area contributed by atoms with Crippen molar-refractivity contribution in [2.24, 2.45) is 10.9 Å². The Bertz CT molecular complexity index is 414. The number of pyridine rings is 1. The molecule has 0 fully saturated rings. The number of guanidine groups is 1. The molecule has 4 nitrogen and oxygen atoms in total. The summed E-state index contributed by atoms with van der Waals surface area (Å²) in [6.45, 7) is 10.5. The summed E-state index contributed by atoms with van der Waals surface area (Å²) < 4.78 is 0. The lowest BCUT2D eigenvalue weighted by atomic mass is 10.0. The Morgan fingerprint density at radius 1 is 1.23 bits per heavy atom. The molecule has 1 aromatic heterocycles. The summed E-state index contributed by atoms with van der Waals surface area (Å²) in [7, 11) is 0. The predicted octanol–water partition coefficient (Wildman–Crippen LogP) is 3.39. The van der Waals surface area contributed by atoms with Gasteiger partial charge in [-0.05, 0) is 38.3 Å². The van der Waals surface area contributed by atoms with Crippen molar-refractivity contribution in [1.29, 1.82) is 0 Å². The van der Waals surface area contributed by atoms with E-state index in [1.165, 1.54) is 19.3 Å². The number of rotatable bonds is 9. The lowest BCUT2D eigenvalue weighted by Gasteiger charge is -2.18. The number of hydrogen-bond acceptors (Lipinski definition) is 2. The molecular weight excluding hydrogens is 272 g/mol. The second-order valence-corrected chi connectivity index (χ2v) is 6.20. The minimum absolute atomic E-state index is 0.450. The topological polar surface area (TPSA) is 49.3 Å². The fourth-order valence-electron chi connectivity index (χ4n) is 2.29. The Balaban J connectivity index is 2.37. The van der Waals surface area contributed by atoms with Crippen LogP contribution in [-0.4, -0.2) is 30.1 Å². The van der Waals surface area contributed by atoms with Crippen molar-refractivity contribution in [2.45, 2.75) is 59.4 Å². The fraction of sp³-hybridized carbons (Fsp3) is 0.667. The zero-order valence-electron chi connectivity index (χ0n) is 14.6. The third-order valence-electron chi connectivity index (χ3n) is 3.51. The molecule has 0 aliphatic heterocycles. The molecule has 0 amide bonds. The molecule has 0 aliphatic rings. The average molecular weight is 304 g/mol. The summed E-state index contributed by atoms with van der Waals surface area (Å²) in [5.41, 5.74) is 1.09.